The lowest BCUT2D eigenvalue weighted by molar-refractivity contribution is -0.131. The van der Waals surface area contributed by atoms with Crippen LogP contribution in [0, 0.1) is 0 Å². The van der Waals surface area contributed by atoms with Gasteiger partial charge in [0.2, 0.25) is 5.91 Å². The van der Waals surface area contributed by atoms with Crippen molar-refractivity contribution in [3.05, 3.63) is 33.8 Å². The molecule has 3 nitrogen and oxygen atoms in total. The van der Waals surface area contributed by atoms with Crippen LogP contribution in [0.1, 0.15) is 12.5 Å². The van der Waals surface area contributed by atoms with Crippen LogP contribution in [0.2, 0.25) is 10.0 Å². The number of likely N-dealkylation sites (N-methyl/N-ethyl adjacent to an activating group) is 1. The normalized spacial score (nSPS) is 12.3. The van der Waals surface area contributed by atoms with Gasteiger partial charge in [0.1, 0.15) is 0 Å². The summed E-state index contributed by atoms with van der Waals surface area (Å²) in [4.78, 5) is 13.1. The molecule has 0 heterocycles. The molecule has 1 rings (SSSR count). The second-order valence-corrected chi connectivity index (χ2v) is 4.56. The molecule has 0 spiro atoms. The second-order valence-electron chi connectivity index (χ2n) is 3.72. The number of benzene rings is 1. The minimum absolute atomic E-state index is 0.129. The number of amides is 1. The molecule has 0 radical (unpaired) electrons. The zero-order valence-corrected chi connectivity index (χ0v) is 10.7. The minimum Gasteiger partial charge on any atom is -0.340 e. The molecule has 0 bridgehead atoms. The minimum atomic E-state index is -0.511. The molecule has 88 valence electrons. The maximum Gasteiger partial charge on any atom is 0.239 e. The number of rotatable bonds is 3. The molecule has 1 atom stereocenters. The molecular formula is C11H14Cl2N2O. The number of hydrogen-bond acceptors (Lipinski definition) is 2. The first kappa shape index (κ1) is 13.3. The molecular weight excluding hydrogens is 247 g/mol. The van der Waals surface area contributed by atoms with Crippen LogP contribution < -0.4 is 5.73 Å². The molecule has 0 aliphatic rings. The van der Waals surface area contributed by atoms with Crippen LogP contribution in [0.4, 0.5) is 0 Å². The van der Waals surface area contributed by atoms with Gasteiger partial charge in [-0.2, -0.15) is 0 Å². The Morgan fingerprint density at radius 1 is 1.50 bits per heavy atom. The highest BCUT2D eigenvalue weighted by atomic mass is 35.5. The van der Waals surface area contributed by atoms with Gasteiger partial charge in [-0.05, 0) is 30.7 Å². The smallest absolute Gasteiger partial charge is 0.239 e. The van der Waals surface area contributed by atoms with E-state index in [9.17, 15) is 4.79 Å². The van der Waals surface area contributed by atoms with Crippen LogP contribution in [-0.4, -0.2) is 23.9 Å². The van der Waals surface area contributed by atoms with Crippen LogP contribution in [0.3, 0.4) is 0 Å². The Morgan fingerprint density at radius 3 is 2.69 bits per heavy atom. The fraction of sp³-hybridized carbons (Fsp3) is 0.364. The Balaban J connectivity index is 2.80. The summed E-state index contributed by atoms with van der Waals surface area (Å²) < 4.78 is 0. The number of hydrogen-bond donors (Lipinski definition) is 1. The topological polar surface area (TPSA) is 46.3 Å². The van der Waals surface area contributed by atoms with E-state index < -0.39 is 6.04 Å². The Bertz CT molecular complexity index is 394. The van der Waals surface area contributed by atoms with E-state index in [1.807, 2.05) is 0 Å². The van der Waals surface area contributed by atoms with Crippen LogP contribution >= 0.6 is 23.2 Å². The highest BCUT2D eigenvalue weighted by molar-refractivity contribution is 6.33. The van der Waals surface area contributed by atoms with Crippen molar-refractivity contribution < 1.29 is 4.79 Å². The number of carbonyl (C=O) groups excluding carboxylic acids is 1. The van der Waals surface area contributed by atoms with Gasteiger partial charge >= 0.3 is 0 Å². The van der Waals surface area contributed by atoms with E-state index in [0.29, 0.717) is 16.6 Å². The van der Waals surface area contributed by atoms with Gasteiger partial charge in [0.05, 0.1) is 6.04 Å². The Labute approximate surface area is 105 Å². The SMILES string of the molecule is C[C@H](N)C(=O)N(C)Cc1cc(Cl)ccc1Cl. The quantitative estimate of drug-likeness (QED) is 0.907. The van der Waals surface area contributed by atoms with E-state index in [2.05, 4.69) is 0 Å². The third kappa shape index (κ3) is 3.37. The second kappa shape index (κ2) is 5.53. The summed E-state index contributed by atoms with van der Waals surface area (Å²) in [5.74, 6) is -0.129. The molecule has 5 heteroatoms. The first-order valence-electron chi connectivity index (χ1n) is 4.86. The van der Waals surface area contributed by atoms with Crippen LogP contribution in [0.15, 0.2) is 18.2 Å². The molecule has 1 amide bonds. The van der Waals surface area contributed by atoms with Crippen molar-refractivity contribution in [1.29, 1.82) is 0 Å². The summed E-state index contributed by atoms with van der Waals surface area (Å²) in [7, 11) is 1.68. The number of nitrogens with zero attached hydrogens (tertiary/aromatic N) is 1. The molecule has 16 heavy (non-hydrogen) atoms. The lowest BCUT2D eigenvalue weighted by atomic mass is 10.2. The molecule has 0 fully saturated rings. The number of halogens is 2. The van der Waals surface area contributed by atoms with E-state index in [1.165, 1.54) is 4.90 Å². The van der Waals surface area contributed by atoms with Crippen molar-refractivity contribution in [2.75, 3.05) is 7.05 Å². The van der Waals surface area contributed by atoms with Crippen molar-refractivity contribution in [3.8, 4) is 0 Å². The van der Waals surface area contributed by atoms with Crippen LogP contribution in [0.25, 0.3) is 0 Å². The van der Waals surface area contributed by atoms with Crippen molar-refractivity contribution in [2.24, 2.45) is 5.73 Å². The fourth-order valence-corrected chi connectivity index (χ4v) is 1.72. The van der Waals surface area contributed by atoms with Gasteiger partial charge < -0.3 is 10.6 Å². The van der Waals surface area contributed by atoms with E-state index in [-0.39, 0.29) is 5.91 Å². The van der Waals surface area contributed by atoms with Crippen LogP contribution in [-0.2, 0) is 11.3 Å². The van der Waals surface area contributed by atoms with Crippen LogP contribution in [0.5, 0.6) is 0 Å². The third-order valence-corrected chi connectivity index (χ3v) is 2.78. The van der Waals surface area contributed by atoms with E-state index in [4.69, 9.17) is 28.9 Å². The molecule has 2 N–H and O–H groups in total. The first-order valence-corrected chi connectivity index (χ1v) is 5.62. The molecule has 1 aromatic carbocycles. The van der Waals surface area contributed by atoms with Gasteiger partial charge in [0.25, 0.3) is 0 Å². The molecule has 0 aliphatic heterocycles. The maximum atomic E-state index is 11.6. The Morgan fingerprint density at radius 2 is 2.12 bits per heavy atom. The predicted molar refractivity (Wildman–Crippen MR) is 66.6 cm³/mol. The number of carbonyl (C=O) groups is 1. The lowest BCUT2D eigenvalue weighted by Gasteiger charge is -2.20. The summed E-state index contributed by atoms with van der Waals surface area (Å²) in [6.07, 6.45) is 0. The molecule has 0 saturated heterocycles. The fourth-order valence-electron chi connectivity index (χ4n) is 1.35. The van der Waals surface area contributed by atoms with E-state index in [0.717, 1.165) is 5.56 Å². The maximum absolute atomic E-state index is 11.6. The summed E-state index contributed by atoms with van der Waals surface area (Å²) in [5.41, 5.74) is 6.32. The Hall–Kier alpha value is -0.770. The zero-order chi connectivity index (χ0) is 12.3. The van der Waals surface area contributed by atoms with Gasteiger partial charge in [-0.25, -0.2) is 0 Å². The zero-order valence-electron chi connectivity index (χ0n) is 9.21. The Kier molecular flexibility index (Phi) is 4.59. The van der Waals surface area contributed by atoms with E-state index in [1.54, 1.807) is 32.2 Å². The van der Waals surface area contributed by atoms with E-state index >= 15 is 0 Å². The molecule has 0 aliphatic carbocycles. The molecule has 0 unspecified atom stereocenters. The highest BCUT2D eigenvalue weighted by Crippen LogP contribution is 2.21. The molecule has 0 aromatic heterocycles. The summed E-state index contributed by atoms with van der Waals surface area (Å²) in [6, 6.07) is 4.65. The molecule has 0 saturated carbocycles. The average Bonchev–Trinajstić information content (AvgIpc) is 2.22. The van der Waals surface area contributed by atoms with Crippen molar-refractivity contribution >= 4 is 29.1 Å². The van der Waals surface area contributed by atoms with Gasteiger partial charge in [0, 0.05) is 23.6 Å². The monoisotopic (exact) mass is 260 g/mol. The van der Waals surface area contributed by atoms with Crippen molar-refractivity contribution in [3.63, 3.8) is 0 Å². The summed E-state index contributed by atoms with van der Waals surface area (Å²) >= 11 is 11.9. The van der Waals surface area contributed by atoms with Gasteiger partial charge in [-0.15, -0.1) is 0 Å². The van der Waals surface area contributed by atoms with Gasteiger partial charge in [-0.3, -0.25) is 4.79 Å². The van der Waals surface area contributed by atoms with Crippen molar-refractivity contribution in [2.45, 2.75) is 19.5 Å². The largest absolute Gasteiger partial charge is 0.340 e. The average molecular weight is 261 g/mol. The molecule has 1 aromatic rings. The third-order valence-electron chi connectivity index (χ3n) is 2.18. The number of nitrogens with two attached hydrogens (primary N) is 1. The van der Waals surface area contributed by atoms with Crippen molar-refractivity contribution in [1.82, 2.24) is 4.90 Å². The summed E-state index contributed by atoms with van der Waals surface area (Å²) in [5, 5.41) is 1.19. The predicted octanol–water partition coefficient (Wildman–Crippen LogP) is 2.30. The first-order chi connectivity index (χ1) is 7.41. The summed E-state index contributed by atoms with van der Waals surface area (Å²) in [6.45, 7) is 2.05. The highest BCUT2D eigenvalue weighted by Gasteiger charge is 2.14. The lowest BCUT2D eigenvalue weighted by Crippen LogP contribution is -2.39. The van der Waals surface area contributed by atoms with Gasteiger partial charge in [0.15, 0.2) is 0 Å². The van der Waals surface area contributed by atoms with Gasteiger partial charge in [-0.1, -0.05) is 23.2 Å². The standard InChI is InChI=1S/C11H14Cl2N2O/c1-7(14)11(16)15(2)6-8-5-9(12)3-4-10(8)13/h3-5,7H,6,14H2,1-2H3/t7-/m0/s1.